The topological polar surface area (TPSA) is 40.0 Å². The number of hydrogen-bond donors (Lipinski definition) is 0. The van der Waals surface area contributed by atoms with Gasteiger partial charge in [0.2, 0.25) is 5.95 Å². The van der Waals surface area contributed by atoms with Gasteiger partial charge in [-0.2, -0.15) is 4.98 Å². The Hall–Kier alpha value is -7.28. The van der Waals surface area contributed by atoms with Gasteiger partial charge in [0.15, 0.2) is 5.82 Å². The molecule has 6 heteroatoms. The molecule has 258 valence electrons. The normalized spacial score (nSPS) is 12.6. The first-order chi connectivity index (χ1) is 27.8. The van der Waals surface area contributed by atoms with Crippen molar-refractivity contribution in [1.82, 2.24) is 23.5 Å². The molecule has 0 N–H and O–H groups in total. The van der Waals surface area contributed by atoms with Gasteiger partial charge in [-0.05, 0) is 53.2 Å². The molecule has 0 radical (unpaired) electrons. The minimum atomic E-state index is 0.663. The van der Waals surface area contributed by atoms with Crippen molar-refractivity contribution in [2.45, 2.75) is 0 Å². The van der Waals surface area contributed by atoms with Crippen molar-refractivity contribution in [3.63, 3.8) is 0 Å². The van der Waals surface area contributed by atoms with Gasteiger partial charge in [0.1, 0.15) is 0 Å². The maximum Gasteiger partial charge on any atom is 0.237 e. The predicted molar refractivity (Wildman–Crippen MR) is 236 cm³/mol. The summed E-state index contributed by atoms with van der Waals surface area (Å²) in [5.74, 6) is 1.56. The second-order valence-electron chi connectivity index (χ2n) is 14.9. The summed E-state index contributed by atoms with van der Waals surface area (Å²) >= 11 is 1.77. The van der Waals surface area contributed by atoms with Crippen LogP contribution in [-0.2, 0) is 0 Å². The lowest BCUT2D eigenvalue weighted by atomic mass is 10.0. The fourth-order valence-corrected chi connectivity index (χ4v) is 11.1. The van der Waals surface area contributed by atoms with Crippen LogP contribution in [0.15, 0.2) is 164 Å². The second-order valence-corrected chi connectivity index (χ2v) is 16.0. The van der Waals surface area contributed by atoms with Crippen LogP contribution in [-0.4, -0.2) is 23.5 Å². The third kappa shape index (κ3) is 3.47. The van der Waals surface area contributed by atoms with Gasteiger partial charge in [-0.15, -0.1) is 11.3 Å². The average molecular weight is 730 g/mol. The van der Waals surface area contributed by atoms with E-state index in [2.05, 4.69) is 177 Å². The molecule has 0 spiro atoms. The van der Waals surface area contributed by atoms with Crippen molar-refractivity contribution >= 4 is 124 Å². The summed E-state index contributed by atoms with van der Waals surface area (Å²) in [5, 5.41) is 13.5. The van der Waals surface area contributed by atoms with E-state index in [4.69, 9.17) is 9.97 Å². The first-order valence-electron chi connectivity index (χ1n) is 19.0. The van der Waals surface area contributed by atoms with Gasteiger partial charge in [0, 0.05) is 53.2 Å². The Bertz CT molecular complexity index is 4010. The molecule has 0 fully saturated rings. The molecule has 0 aliphatic carbocycles. The molecule has 56 heavy (non-hydrogen) atoms. The first kappa shape index (κ1) is 29.1. The van der Waals surface area contributed by atoms with Crippen molar-refractivity contribution in [2.75, 3.05) is 0 Å². The largest absolute Gasteiger partial charge is 0.308 e. The number of nitrogens with zero attached hydrogens (tertiary/aromatic N) is 5. The lowest BCUT2D eigenvalue weighted by Gasteiger charge is -2.13. The summed E-state index contributed by atoms with van der Waals surface area (Å²) in [6.45, 7) is 0. The minimum Gasteiger partial charge on any atom is -0.308 e. The Kier molecular flexibility index (Phi) is 5.34. The first-order valence-corrected chi connectivity index (χ1v) is 19.8. The smallest absolute Gasteiger partial charge is 0.237 e. The number of para-hydroxylation sites is 4. The molecule has 0 amide bonds. The quantitative estimate of drug-likeness (QED) is 0.178. The highest BCUT2D eigenvalue weighted by Gasteiger charge is 2.27. The molecule has 5 nitrogen and oxygen atoms in total. The molecule has 0 aliphatic rings. The van der Waals surface area contributed by atoms with Crippen LogP contribution in [0.1, 0.15) is 0 Å². The van der Waals surface area contributed by atoms with Gasteiger partial charge in [0.25, 0.3) is 0 Å². The zero-order chi connectivity index (χ0) is 36.2. The van der Waals surface area contributed by atoms with E-state index in [1.54, 1.807) is 11.3 Å². The third-order valence-corrected chi connectivity index (χ3v) is 13.3. The predicted octanol–water partition coefficient (Wildman–Crippen LogP) is 13.3. The summed E-state index contributed by atoms with van der Waals surface area (Å²) in [5.41, 5.74) is 9.13. The van der Waals surface area contributed by atoms with Crippen LogP contribution in [0.3, 0.4) is 0 Å². The zero-order valence-corrected chi connectivity index (χ0v) is 30.5. The maximum atomic E-state index is 5.72. The molecule has 0 aliphatic heterocycles. The maximum absolute atomic E-state index is 5.72. The Morgan fingerprint density at radius 2 is 0.982 bits per heavy atom. The Balaban J connectivity index is 1.20. The number of thiophene rings is 1. The van der Waals surface area contributed by atoms with Gasteiger partial charge >= 0.3 is 0 Å². The van der Waals surface area contributed by atoms with Crippen LogP contribution in [0.5, 0.6) is 0 Å². The molecule has 0 bridgehead atoms. The van der Waals surface area contributed by atoms with Gasteiger partial charge in [-0.25, -0.2) is 4.98 Å². The van der Waals surface area contributed by atoms with Crippen molar-refractivity contribution < 1.29 is 0 Å². The fourth-order valence-electron chi connectivity index (χ4n) is 9.96. The Morgan fingerprint density at radius 3 is 1.77 bits per heavy atom. The van der Waals surface area contributed by atoms with E-state index in [0.29, 0.717) is 5.95 Å². The zero-order valence-electron chi connectivity index (χ0n) is 29.7. The highest BCUT2D eigenvalue weighted by Crippen LogP contribution is 2.47. The number of aromatic nitrogens is 5. The monoisotopic (exact) mass is 729 g/mol. The molecule has 6 aromatic heterocycles. The second kappa shape index (κ2) is 10.3. The van der Waals surface area contributed by atoms with E-state index in [1.165, 1.54) is 75.1 Å². The fraction of sp³-hybridized carbons (Fsp3) is 0. The number of hydrogen-bond acceptors (Lipinski definition) is 3. The molecule has 8 aromatic carbocycles. The molecular formula is C50H27N5S. The Labute approximate surface area is 321 Å². The molecule has 14 aromatic rings. The van der Waals surface area contributed by atoms with E-state index in [0.717, 1.165) is 43.5 Å². The summed E-state index contributed by atoms with van der Waals surface area (Å²) in [6.07, 6.45) is 0. The van der Waals surface area contributed by atoms with Crippen molar-refractivity contribution in [3.05, 3.63) is 164 Å². The van der Waals surface area contributed by atoms with Gasteiger partial charge in [0.05, 0.1) is 48.8 Å². The van der Waals surface area contributed by atoms with Gasteiger partial charge in [-0.3, -0.25) is 9.13 Å². The van der Waals surface area contributed by atoms with Crippen LogP contribution in [0.4, 0.5) is 0 Å². The van der Waals surface area contributed by atoms with Crippen LogP contribution >= 0.6 is 11.3 Å². The van der Waals surface area contributed by atoms with E-state index in [9.17, 15) is 0 Å². The molecule has 0 saturated heterocycles. The van der Waals surface area contributed by atoms with Crippen LogP contribution in [0, 0.1) is 0 Å². The van der Waals surface area contributed by atoms with E-state index in [-0.39, 0.29) is 0 Å². The van der Waals surface area contributed by atoms with Gasteiger partial charge < -0.3 is 4.40 Å². The van der Waals surface area contributed by atoms with Gasteiger partial charge in [-0.1, -0.05) is 121 Å². The highest BCUT2D eigenvalue weighted by molar-refractivity contribution is 7.26. The standard InChI is InChI=1S/C50H27N5S/c1-2-14-29-28(13-1)25-26-40-43(29)31-16-4-10-22-38(31)54(40)49-48-46(34-19-7-12-24-42(34)56-48)51-50(52-49)55-39-23-11-5-17-32(39)44-41(55)27-35-30-15-3-8-20-36(30)53-37-21-9-6-18-33(37)45(44)47(35)53/h1-27H. The lowest BCUT2D eigenvalue weighted by Crippen LogP contribution is -2.06. The number of rotatable bonds is 2. The highest BCUT2D eigenvalue weighted by atomic mass is 32.1. The van der Waals surface area contributed by atoms with E-state index in [1.807, 2.05) is 0 Å². The molecule has 0 atom stereocenters. The molecule has 0 unspecified atom stereocenters. The van der Waals surface area contributed by atoms with Crippen molar-refractivity contribution in [1.29, 1.82) is 0 Å². The van der Waals surface area contributed by atoms with E-state index < -0.39 is 0 Å². The summed E-state index contributed by atoms with van der Waals surface area (Å²) in [6, 6.07) is 59.5. The van der Waals surface area contributed by atoms with Crippen molar-refractivity contribution in [2.24, 2.45) is 0 Å². The van der Waals surface area contributed by atoms with Crippen LogP contribution < -0.4 is 0 Å². The van der Waals surface area contributed by atoms with Crippen molar-refractivity contribution in [3.8, 4) is 11.8 Å². The van der Waals surface area contributed by atoms with Crippen LogP contribution in [0.25, 0.3) is 125 Å². The summed E-state index contributed by atoms with van der Waals surface area (Å²) in [4.78, 5) is 11.3. The minimum absolute atomic E-state index is 0.663. The summed E-state index contributed by atoms with van der Waals surface area (Å²) in [7, 11) is 0. The molecule has 0 saturated carbocycles. The molecule has 6 heterocycles. The lowest BCUT2D eigenvalue weighted by molar-refractivity contribution is 0.977. The van der Waals surface area contributed by atoms with E-state index >= 15 is 0 Å². The SMILES string of the molecule is c1ccc2c(c1)ccc1c2c2ccccc2n1-c1nc(-n2c3ccccc3c3c4c5ccccc5n5c6ccccc6c(cc32)c45)nc2c1sc1ccccc12. The Morgan fingerprint density at radius 1 is 0.393 bits per heavy atom. The number of fused-ring (bicyclic) bond motifs is 18. The summed E-state index contributed by atoms with van der Waals surface area (Å²) < 4.78 is 9.44. The average Bonchev–Trinajstić information content (AvgIpc) is 4.05. The molecule has 14 rings (SSSR count). The van der Waals surface area contributed by atoms with Crippen LogP contribution in [0.2, 0.25) is 0 Å². The number of benzene rings is 8. The third-order valence-electron chi connectivity index (χ3n) is 12.2. The molecular weight excluding hydrogens is 703 g/mol.